The van der Waals surface area contributed by atoms with Crippen molar-refractivity contribution in [2.24, 2.45) is 0 Å². The van der Waals surface area contributed by atoms with E-state index in [1.54, 1.807) is 24.3 Å². The van der Waals surface area contributed by atoms with Gasteiger partial charge in [0.15, 0.2) is 0 Å². The second-order valence-corrected chi connectivity index (χ2v) is 4.43. The second-order valence-electron chi connectivity index (χ2n) is 4.43. The zero-order valence-electron chi connectivity index (χ0n) is 13.4. The van der Waals surface area contributed by atoms with Gasteiger partial charge in [-0.2, -0.15) is 0 Å². The van der Waals surface area contributed by atoms with Crippen LogP contribution in [0.15, 0.2) is 24.3 Å². The molecule has 0 saturated heterocycles. The van der Waals surface area contributed by atoms with E-state index in [1.807, 2.05) is 13.8 Å². The van der Waals surface area contributed by atoms with E-state index in [0.717, 1.165) is 0 Å². The molecule has 120 valence electrons. The van der Waals surface area contributed by atoms with Crippen molar-refractivity contribution in [1.82, 2.24) is 0 Å². The van der Waals surface area contributed by atoms with Crippen molar-refractivity contribution in [2.45, 2.75) is 40.5 Å². The minimum absolute atomic E-state index is 0.170. The van der Waals surface area contributed by atoms with Crippen LogP contribution in [0.5, 0.6) is 0 Å². The number of hydrogen-bond acceptors (Lipinski definition) is 4. The first kappa shape index (κ1) is 19.5. The molecule has 0 saturated carbocycles. The highest BCUT2D eigenvalue weighted by Gasteiger charge is 2.07. The van der Waals surface area contributed by atoms with E-state index in [9.17, 15) is 19.2 Å². The number of nitrogens with one attached hydrogen (secondary N) is 2. The van der Waals surface area contributed by atoms with Crippen molar-refractivity contribution in [3.63, 3.8) is 0 Å². The quantitative estimate of drug-likeness (QED) is 0.790. The molecule has 0 fully saturated rings. The Morgan fingerprint density at radius 3 is 1.23 bits per heavy atom. The first-order chi connectivity index (χ1) is 10.4. The van der Waals surface area contributed by atoms with E-state index in [2.05, 4.69) is 10.6 Å². The molecule has 6 nitrogen and oxygen atoms in total. The molecule has 0 aliphatic heterocycles. The van der Waals surface area contributed by atoms with Crippen LogP contribution in [0.2, 0.25) is 0 Å². The van der Waals surface area contributed by atoms with Crippen LogP contribution in [0.1, 0.15) is 40.5 Å². The molecule has 0 spiro atoms. The van der Waals surface area contributed by atoms with Gasteiger partial charge in [-0.3, -0.25) is 19.2 Å². The van der Waals surface area contributed by atoms with Crippen molar-refractivity contribution in [3.05, 3.63) is 24.3 Å². The van der Waals surface area contributed by atoms with E-state index in [-0.39, 0.29) is 36.2 Å². The summed E-state index contributed by atoms with van der Waals surface area (Å²) in [6.07, 6.45) is -0.339. The third-order valence-corrected chi connectivity index (χ3v) is 2.27. The van der Waals surface area contributed by atoms with E-state index < -0.39 is 0 Å². The zero-order chi connectivity index (χ0) is 17.1. The number of Topliss-reactive ketones (excluding diaryl/α,β-unsaturated/α-hetero) is 2. The lowest BCUT2D eigenvalue weighted by Crippen LogP contribution is -2.16. The van der Waals surface area contributed by atoms with Crippen LogP contribution in [0.4, 0.5) is 11.4 Å². The monoisotopic (exact) mass is 306 g/mol. The van der Waals surface area contributed by atoms with Crippen LogP contribution < -0.4 is 10.6 Å². The number of benzene rings is 1. The maximum Gasteiger partial charge on any atom is 0.231 e. The largest absolute Gasteiger partial charge is 0.326 e. The average Bonchev–Trinajstić information content (AvgIpc) is 2.41. The third-order valence-electron chi connectivity index (χ3n) is 2.27. The molecule has 0 atom stereocenters. The standard InChI is InChI=1S/C14H16N2O4.C2H6/c1-9(17)7-13(19)15-11-3-5-12(6-4-11)16-14(20)8-10(2)18;1-2/h3-6H,7-8H2,1-2H3,(H,15,19)(H,16,20);1-2H3. The fourth-order valence-corrected chi connectivity index (χ4v) is 1.50. The Morgan fingerprint density at radius 2 is 1.00 bits per heavy atom. The van der Waals surface area contributed by atoms with E-state index in [4.69, 9.17) is 0 Å². The number of carbonyl (C=O) groups excluding carboxylic acids is 4. The minimum atomic E-state index is -0.383. The summed E-state index contributed by atoms with van der Waals surface area (Å²) in [4.78, 5) is 44.3. The molecule has 0 radical (unpaired) electrons. The van der Waals surface area contributed by atoms with Crippen LogP contribution >= 0.6 is 0 Å². The summed E-state index contributed by atoms with van der Waals surface area (Å²) in [5.74, 6) is -1.19. The summed E-state index contributed by atoms with van der Waals surface area (Å²) in [6, 6.07) is 6.39. The molecule has 0 aliphatic carbocycles. The lowest BCUT2D eigenvalue weighted by atomic mass is 10.2. The normalized spacial score (nSPS) is 9.09. The number of anilines is 2. The van der Waals surface area contributed by atoms with E-state index in [1.165, 1.54) is 13.8 Å². The molecule has 1 aromatic carbocycles. The van der Waals surface area contributed by atoms with Gasteiger partial charge in [-0.1, -0.05) is 13.8 Å². The van der Waals surface area contributed by atoms with Crippen molar-refractivity contribution in [1.29, 1.82) is 0 Å². The molecule has 0 aromatic heterocycles. The predicted molar refractivity (Wildman–Crippen MR) is 85.6 cm³/mol. The summed E-state index contributed by atoms with van der Waals surface area (Å²) < 4.78 is 0. The molecule has 0 unspecified atom stereocenters. The fourth-order valence-electron chi connectivity index (χ4n) is 1.50. The van der Waals surface area contributed by atoms with Gasteiger partial charge in [-0.05, 0) is 38.1 Å². The van der Waals surface area contributed by atoms with Gasteiger partial charge >= 0.3 is 0 Å². The smallest absolute Gasteiger partial charge is 0.231 e. The highest BCUT2D eigenvalue weighted by molar-refractivity contribution is 6.04. The topological polar surface area (TPSA) is 92.3 Å². The van der Waals surface area contributed by atoms with Crippen molar-refractivity contribution in [2.75, 3.05) is 10.6 Å². The summed E-state index contributed by atoms with van der Waals surface area (Å²) in [7, 11) is 0. The molecule has 0 heterocycles. The highest BCUT2D eigenvalue weighted by Crippen LogP contribution is 2.14. The van der Waals surface area contributed by atoms with Crippen LogP contribution in [-0.2, 0) is 19.2 Å². The predicted octanol–water partition coefficient (Wildman–Crippen LogP) is 2.55. The minimum Gasteiger partial charge on any atom is -0.326 e. The Hall–Kier alpha value is -2.50. The van der Waals surface area contributed by atoms with Gasteiger partial charge in [0.05, 0.1) is 12.8 Å². The average molecular weight is 306 g/mol. The second kappa shape index (κ2) is 10.3. The SMILES string of the molecule is CC.CC(=O)CC(=O)Nc1ccc(NC(=O)CC(C)=O)cc1. The van der Waals surface area contributed by atoms with Gasteiger partial charge in [0.2, 0.25) is 11.8 Å². The highest BCUT2D eigenvalue weighted by atomic mass is 16.2. The number of rotatable bonds is 6. The molecule has 6 heteroatoms. The molecule has 1 aromatic rings. The lowest BCUT2D eigenvalue weighted by molar-refractivity contribution is -0.125. The zero-order valence-corrected chi connectivity index (χ0v) is 13.4. The van der Waals surface area contributed by atoms with Gasteiger partial charge in [0.25, 0.3) is 0 Å². The Labute approximate surface area is 130 Å². The summed E-state index contributed by atoms with van der Waals surface area (Å²) in [6.45, 7) is 6.68. The van der Waals surface area contributed by atoms with Crippen LogP contribution in [0, 0.1) is 0 Å². The number of amides is 2. The lowest BCUT2D eigenvalue weighted by Gasteiger charge is -2.07. The molecule has 2 N–H and O–H groups in total. The van der Waals surface area contributed by atoms with Gasteiger partial charge < -0.3 is 10.6 Å². The molecule has 1 rings (SSSR count). The Kier molecular flexibility index (Phi) is 9.09. The maximum absolute atomic E-state index is 11.4. The van der Waals surface area contributed by atoms with E-state index >= 15 is 0 Å². The van der Waals surface area contributed by atoms with Gasteiger partial charge in [-0.15, -0.1) is 0 Å². The first-order valence-corrected chi connectivity index (χ1v) is 7.05. The summed E-state index contributed by atoms with van der Waals surface area (Å²) in [5, 5.41) is 5.12. The van der Waals surface area contributed by atoms with Gasteiger partial charge in [-0.25, -0.2) is 0 Å². The third kappa shape index (κ3) is 8.63. The number of hydrogen-bond donors (Lipinski definition) is 2. The summed E-state index contributed by atoms with van der Waals surface area (Å²) in [5.41, 5.74) is 1.06. The molecule has 22 heavy (non-hydrogen) atoms. The van der Waals surface area contributed by atoms with Gasteiger partial charge in [0, 0.05) is 11.4 Å². The van der Waals surface area contributed by atoms with Crippen molar-refractivity contribution in [3.8, 4) is 0 Å². The Morgan fingerprint density at radius 1 is 0.727 bits per heavy atom. The first-order valence-electron chi connectivity index (χ1n) is 7.05. The van der Waals surface area contributed by atoms with Crippen molar-refractivity contribution >= 4 is 34.8 Å². The molecule has 0 aliphatic rings. The number of carbonyl (C=O) groups is 4. The molecule has 0 bridgehead atoms. The van der Waals surface area contributed by atoms with Crippen LogP contribution in [0.25, 0.3) is 0 Å². The maximum atomic E-state index is 11.4. The Bertz CT molecular complexity index is 487. The Balaban J connectivity index is 0.00000211. The molecule has 2 amide bonds. The fraction of sp³-hybridized carbons (Fsp3) is 0.375. The van der Waals surface area contributed by atoms with E-state index in [0.29, 0.717) is 11.4 Å². The van der Waals surface area contributed by atoms with Gasteiger partial charge in [0.1, 0.15) is 11.6 Å². The molecular formula is C16H22N2O4. The number of ketones is 2. The van der Waals surface area contributed by atoms with Crippen LogP contribution in [0.3, 0.4) is 0 Å². The van der Waals surface area contributed by atoms with Crippen molar-refractivity contribution < 1.29 is 19.2 Å². The molecular weight excluding hydrogens is 284 g/mol. The van der Waals surface area contributed by atoms with Crippen LogP contribution in [-0.4, -0.2) is 23.4 Å². The summed E-state index contributed by atoms with van der Waals surface area (Å²) >= 11 is 0.